The highest BCUT2D eigenvalue weighted by molar-refractivity contribution is 6.64. The van der Waals surface area contributed by atoms with Gasteiger partial charge in [-0.2, -0.15) is 0 Å². The molecule has 114 valence electrons. The average Bonchev–Trinajstić information content (AvgIpc) is 2.20. The molecule has 1 heterocycles. The second-order valence-electron chi connectivity index (χ2n) is 5.05. The third kappa shape index (κ3) is 4.60. The van der Waals surface area contributed by atoms with Gasteiger partial charge in [-0.15, -0.1) is 0 Å². The zero-order valence-corrected chi connectivity index (χ0v) is 13.2. The van der Waals surface area contributed by atoms with E-state index in [9.17, 15) is 14.4 Å². The van der Waals surface area contributed by atoms with Gasteiger partial charge in [0.1, 0.15) is 0 Å². The molecule has 0 aromatic carbocycles. The molecule has 0 amide bonds. The number of hydrogen-bond acceptors (Lipinski definition) is 7. The van der Waals surface area contributed by atoms with Crippen molar-refractivity contribution in [3.63, 3.8) is 0 Å². The van der Waals surface area contributed by atoms with Crippen molar-refractivity contribution in [2.45, 2.75) is 40.2 Å². The normalized spacial score (nSPS) is 16.8. The van der Waals surface area contributed by atoms with Gasteiger partial charge in [-0.1, -0.05) is 6.92 Å². The van der Waals surface area contributed by atoms with Crippen LogP contribution >= 0.6 is 0 Å². The number of carbonyl (C=O) groups excluding carboxylic acids is 3. The van der Waals surface area contributed by atoms with Crippen molar-refractivity contribution in [3.8, 4) is 0 Å². The quantitative estimate of drug-likeness (QED) is 0.677. The molecule has 0 aromatic rings. The van der Waals surface area contributed by atoms with Crippen molar-refractivity contribution in [1.29, 1.82) is 0 Å². The minimum absolute atomic E-state index is 0.147. The Morgan fingerprint density at radius 2 is 1.60 bits per heavy atom. The first-order chi connectivity index (χ1) is 9.20. The Morgan fingerprint density at radius 3 is 1.90 bits per heavy atom. The van der Waals surface area contributed by atoms with Crippen LogP contribution in [0.5, 0.6) is 0 Å². The molecule has 20 heavy (non-hydrogen) atoms. The summed E-state index contributed by atoms with van der Waals surface area (Å²) in [7, 11) is -3.63. The summed E-state index contributed by atoms with van der Waals surface area (Å²) < 4.78 is 20.1. The second kappa shape index (κ2) is 6.36. The highest BCUT2D eigenvalue weighted by Crippen LogP contribution is 2.35. The molecule has 0 aliphatic carbocycles. The van der Waals surface area contributed by atoms with Crippen molar-refractivity contribution in [2.24, 2.45) is 5.41 Å². The van der Waals surface area contributed by atoms with Gasteiger partial charge in [0, 0.05) is 25.8 Å². The van der Waals surface area contributed by atoms with Crippen molar-refractivity contribution in [3.05, 3.63) is 0 Å². The monoisotopic (exact) mass is 304 g/mol. The van der Waals surface area contributed by atoms with E-state index < -0.39 is 26.7 Å². The van der Waals surface area contributed by atoms with E-state index in [1.165, 1.54) is 6.55 Å². The summed E-state index contributed by atoms with van der Waals surface area (Å²) in [6, 6.07) is 0. The van der Waals surface area contributed by atoms with Crippen LogP contribution in [0.3, 0.4) is 0 Å². The van der Waals surface area contributed by atoms with E-state index in [1.54, 1.807) is 0 Å². The molecule has 0 N–H and O–H groups in total. The van der Waals surface area contributed by atoms with Crippen LogP contribution in [0.25, 0.3) is 0 Å². The van der Waals surface area contributed by atoms with Gasteiger partial charge in [0.25, 0.3) is 17.9 Å². The molecular formula is C12H20O7Si. The maximum atomic E-state index is 12.0. The lowest BCUT2D eigenvalue weighted by molar-refractivity contribution is -0.160. The average molecular weight is 304 g/mol. The number of ether oxygens (including phenoxy) is 1. The highest BCUT2D eigenvalue weighted by Gasteiger charge is 2.48. The Kier molecular flexibility index (Phi) is 5.29. The zero-order chi connectivity index (χ0) is 15.4. The van der Waals surface area contributed by atoms with Crippen molar-refractivity contribution in [1.82, 2.24) is 0 Å². The van der Waals surface area contributed by atoms with Crippen molar-refractivity contribution >= 4 is 26.7 Å². The fraction of sp³-hybridized carbons (Fsp3) is 0.750. The number of hydrogen-bond donors (Lipinski definition) is 0. The second-order valence-corrected chi connectivity index (χ2v) is 7.38. The number of rotatable bonds is 6. The molecule has 0 unspecified atom stereocenters. The molecule has 0 saturated carbocycles. The molecule has 0 atom stereocenters. The maximum Gasteiger partial charge on any atom is 0.701 e. The summed E-state index contributed by atoms with van der Waals surface area (Å²) in [6.45, 7) is 6.62. The summed E-state index contributed by atoms with van der Waals surface area (Å²) in [4.78, 5) is 34.0. The van der Waals surface area contributed by atoms with Gasteiger partial charge >= 0.3 is 8.80 Å². The lowest BCUT2D eigenvalue weighted by Gasteiger charge is -2.40. The minimum atomic E-state index is -3.63. The molecule has 1 fully saturated rings. The predicted molar refractivity (Wildman–Crippen MR) is 69.4 cm³/mol. The van der Waals surface area contributed by atoms with Crippen LogP contribution < -0.4 is 0 Å². The Hall–Kier alpha value is -1.41. The highest BCUT2D eigenvalue weighted by atomic mass is 28.4. The molecule has 1 aliphatic rings. The summed E-state index contributed by atoms with van der Waals surface area (Å²) in [6.07, 6.45) is 0.927. The topological polar surface area (TPSA) is 88.1 Å². The largest absolute Gasteiger partial charge is 0.701 e. The fourth-order valence-corrected chi connectivity index (χ4v) is 3.61. The van der Waals surface area contributed by atoms with E-state index in [0.29, 0.717) is 13.2 Å². The van der Waals surface area contributed by atoms with Gasteiger partial charge in [-0.05, 0) is 6.42 Å². The Morgan fingerprint density at radius 1 is 1.10 bits per heavy atom. The van der Waals surface area contributed by atoms with E-state index in [2.05, 4.69) is 0 Å². The minimum Gasteiger partial charge on any atom is -0.455 e. The van der Waals surface area contributed by atoms with E-state index in [0.717, 1.165) is 20.3 Å². The molecule has 1 rings (SSSR count). The van der Waals surface area contributed by atoms with Crippen LogP contribution in [0, 0.1) is 5.41 Å². The van der Waals surface area contributed by atoms with Gasteiger partial charge in [-0.25, -0.2) is 0 Å². The van der Waals surface area contributed by atoms with Gasteiger partial charge in [-0.3, -0.25) is 14.4 Å². The van der Waals surface area contributed by atoms with Crippen LogP contribution in [0.15, 0.2) is 0 Å². The molecular weight excluding hydrogens is 284 g/mol. The predicted octanol–water partition coefficient (Wildman–Crippen LogP) is 1.04. The van der Waals surface area contributed by atoms with Crippen LogP contribution in [0.1, 0.15) is 33.6 Å². The third-order valence-corrected chi connectivity index (χ3v) is 4.96. The van der Waals surface area contributed by atoms with Crippen LogP contribution in [0.2, 0.25) is 6.55 Å². The molecule has 7 nitrogen and oxygen atoms in total. The Labute approximate surface area is 118 Å². The third-order valence-electron chi connectivity index (χ3n) is 3.04. The maximum absolute atomic E-state index is 12.0. The molecule has 0 bridgehead atoms. The van der Waals surface area contributed by atoms with Gasteiger partial charge in [0.2, 0.25) is 0 Å². The Balaban J connectivity index is 2.66. The molecule has 1 saturated heterocycles. The van der Waals surface area contributed by atoms with E-state index in [4.69, 9.17) is 18.0 Å². The first-order valence-electron chi connectivity index (χ1n) is 6.39. The molecule has 0 aromatic heterocycles. The van der Waals surface area contributed by atoms with E-state index in [-0.39, 0.29) is 11.8 Å². The Bertz CT molecular complexity index is 381. The standard InChI is InChI=1S/C12H20O7Si/c1-5-12(7-16-8-12)6-11(15)19-20(4,17-9(2)13)18-10(3)14/h5-8H2,1-4H3. The van der Waals surface area contributed by atoms with Gasteiger partial charge in [0.05, 0.1) is 19.6 Å². The summed E-state index contributed by atoms with van der Waals surface area (Å²) >= 11 is 0. The lowest BCUT2D eigenvalue weighted by atomic mass is 9.80. The summed E-state index contributed by atoms with van der Waals surface area (Å²) in [5.41, 5.74) is -0.223. The SMILES string of the molecule is CCC1(CC(=O)O[Si](C)(OC(C)=O)OC(C)=O)COC1. The van der Waals surface area contributed by atoms with E-state index in [1.807, 2.05) is 6.92 Å². The molecule has 0 spiro atoms. The van der Waals surface area contributed by atoms with E-state index >= 15 is 0 Å². The van der Waals surface area contributed by atoms with Crippen LogP contribution in [-0.2, 0) is 32.4 Å². The van der Waals surface area contributed by atoms with Crippen molar-refractivity contribution in [2.75, 3.05) is 13.2 Å². The summed E-state index contributed by atoms with van der Waals surface area (Å²) in [5, 5.41) is 0. The van der Waals surface area contributed by atoms with Gasteiger partial charge in [0.15, 0.2) is 0 Å². The smallest absolute Gasteiger partial charge is 0.455 e. The molecule has 0 radical (unpaired) electrons. The van der Waals surface area contributed by atoms with Crippen molar-refractivity contribution < 1.29 is 32.4 Å². The molecule has 1 aliphatic heterocycles. The van der Waals surface area contributed by atoms with Crippen LogP contribution in [0.4, 0.5) is 0 Å². The fourth-order valence-electron chi connectivity index (χ4n) is 1.96. The first kappa shape index (κ1) is 16.6. The first-order valence-corrected chi connectivity index (χ1v) is 8.61. The van der Waals surface area contributed by atoms with Gasteiger partial charge < -0.3 is 18.0 Å². The lowest BCUT2D eigenvalue weighted by Crippen LogP contribution is -2.49. The number of carbonyl (C=O) groups is 3. The van der Waals surface area contributed by atoms with Crippen LogP contribution in [-0.4, -0.2) is 39.9 Å². The zero-order valence-electron chi connectivity index (χ0n) is 12.2. The summed E-state index contributed by atoms with van der Waals surface area (Å²) in [5.74, 6) is -1.87. The molecule has 8 heteroatoms.